The maximum Gasteiger partial charge on any atom is 0.128 e. The minimum Gasteiger partial charge on any atom is -0.378 e. The third-order valence-electron chi connectivity index (χ3n) is 2.13. The van der Waals surface area contributed by atoms with E-state index in [-0.39, 0.29) is 0 Å². The number of hydrogen-bond acceptors (Lipinski definition) is 3. The molecule has 0 bridgehead atoms. The molecule has 0 spiro atoms. The number of hydrogen-bond donors (Lipinski definition) is 0. The SMILES string of the molecule is [CH2]c1cccc(N2CCOCC2)n1. The summed E-state index contributed by atoms with van der Waals surface area (Å²) in [5.41, 5.74) is 0.823. The molecule has 1 aromatic rings. The van der Waals surface area contributed by atoms with Crippen molar-refractivity contribution in [2.45, 2.75) is 0 Å². The average Bonchev–Trinajstić information content (AvgIpc) is 2.19. The van der Waals surface area contributed by atoms with Crippen LogP contribution in [0.2, 0.25) is 0 Å². The summed E-state index contributed by atoms with van der Waals surface area (Å²) < 4.78 is 5.27. The molecule has 0 amide bonds. The molecule has 69 valence electrons. The van der Waals surface area contributed by atoms with Crippen molar-refractivity contribution in [3.8, 4) is 0 Å². The lowest BCUT2D eigenvalue weighted by atomic mass is 10.3. The van der Waals surface area contributed by atoms with Gasteiger partial charge in [-0.05, 0) is 19.1 Å². The smallest absolute Gasteiger partial charge is 0.128 e. The van der Waals surface area contributed by atoms with E-state index >= 15 is 0 Å². The molecule has 0 aromatic carbocycles. The number of anilines is 1. The molecule has 3 nitrogen and oxygen atoms in total. The van der Waals surface area contributed by atoms with Crippen LogP contribution in [0.15, 0.2) is 18.2 Å². The van der Waals surface area contributed by atoms with Crippen LogP contribution in [0, 0.1) is 6.92 Å². The van der Waals surface area contributed by atoms with Gasteiger partial charge in [0.05, 0.1) is 13.2 Å². The van der Waals surface area contributed by atoms with Crippen molar-refractivity contribution in [1.82, 2.24) is 4.98 Å². The zero-order valence-corrected chi connectivity index (χ0v) is 7.57. The first-order chi connectivity index (χ1) is 6.36. The van der Waals surface area contributed by atoms with Crippen LogP contribution in [-0.2, 0) is 4.74 Å². The van der Waals surface area contributed by atoms with Gasteiger partial charge in [0.15, 0.2) is 0 Å². The van der Waals surface area contributed by atoms with Gasteiger partial charge in [-0.25, -0.2) is 4.98 Å². The molecular weight excluding hydrogens is 164 g/mol. The van der Waals surface area contributed by atoms with Crippen molar-refractivity contribution in [3.63, 3.8) is 0 Å². The van der Waals surface area contributed by atoms with Crippen LogP contribution in [-0.4, -0.2) is 31.3 Å². The first kappa shape index (κ1) is 8.51. The summed E-state index contributed by atoms with van der Waals surface area (Å²) in [5.74, 6) is 1.01. The summed E-state index contributed by atoms with van der Waals surface area (Å²) in [6.45, 7) is 7.25. The van der Waals surface area contributed by atoms with Gasteiger partial charge in [-0.3, -0.25) is 0 Å². The van der Waals surface area contributed by atoms with Crippen LogP contribution in [0.3, 0.4) is 0 Å². The Bertz CT molecular complexity index is 282. The molecule has 2 rings (SSSR count). The fraction of sp³-hybridized carbons (Fsp3) is 0.400. The van der Waals surface area contributed by atoms with Crippen molar-refractivity contribution in [1.29, 1.82) is 0 Å². The van der Waals surface area contributed by atoms with E-state index in [1.165, 1.54) is 0 Å². The molecule has 1 radical (unpaired) electrons. The second-order valence-corrected chi connectivity index (χ2v) is 3.09. The van der Waals surface area contributed by atoms with Crippen molar-refractivity contribution >= 4 is 5.82 Å². The molecule has 0 aliphatic carbocycles. The highest BCUT2D eigenvalue weighted by Gasteiger charge is 2.11. The number of aromatic nitrogens is 1. The standard InChI is InChI=1S/C10H13N2O/c1-9-3-2-4-10(11-9)12-5-7-13-8-6-12/h2-4H,1,5-8H2. The lowest BCUT2D eigenvalue weighted by Gasteiger charge is -2.27. The summed E-state index contributed by atoms with van der Waals surface area (Å²) in [4.78, 5) is 6.58. The highest BCUT2D eigenvalue weighted by atomic mass is 16.5. The predicted molar refractivity (Wildman–Crippen MR) is 51.7 cm³/mol. The second kappa shape index (κ2) is 3.75. The molecular formula is C10H13N2O. The van der Waals surface area contributed by atoms with E-state index in [0.717, 1.165) is 37.8 Å². The minimum atomic E-state index is 0.795. The number of morpholine rings is 1. The summed E-state index contributed by atoms with van der Waals surface area (Å²) in [7, 11) is 0. The van der Waals surface area contributed by atoms with Gasteiger partial charge >= 0.3 is 0 Å². The van der Waals surface area contributed by atoms with Gasteiger partial charge in [0.2, 0.25) is 0 Å². The van der Waals surface area contributed by atoms with E-state index < -0.39 is 0 Å². The Morgan fingerprint density at radius 3 is 2.77 bits per heavy atom. The maximum atomic E-state index is 5.27. The molecule has 0 unspecified atom stereocenters. The van der Waals surface area contributed by atoms with Gasteiger partial charge < -0.3 is 9.64 Å². The van der Waals surface area contributed by atoms with Crippen LogP contribution < -0.4 is 4.90 Å². The van der Waals surface area contributed by atoms with Crippen molar-refractivity contribution in [2.75, 3.05) is 31.2 Å². The third-order valence-corrected chi connectivity index (χ3v) is 2.13. The third kappa shape index (κ3) is 1.98. The lowest BCUT2D eigenvalue weighted by Crippen LogP contribution is -2.36. The highest BCUT2D eigenvalue weighted by Crippen LogP contribution is 2.12. The lowest BCUT2D eigenvalue weighted by molar-refractivity contribution is 0.122. The molecule has 2 heterocycles. The van der Waals surface area contributed by atoms with E-state index in [0.29, 0.717) is 0 Å². The Morgan fingerprint density at radius 1 is 1.31 bits per heavy atom. The second-order valence-electron chi connectivity index (χ2n) is 3.09. The number of ether oxygens (including phenoxy) is 1. The molecule has 0 saturated carbocycles. The zero-order chi connectivity index (χ0) is 9.10. The van der Waals surface area contributed by atoms with E-state index in [9.17, 15) is 0 Å². The van der Waals surface area contributed by atoms with E-state index in [4.69, 9.17) is 4.74 Å². The fourth-order valence-corrected chi connectivity index (χ4v) is 1.44. The Kier molecular flexibility index (Phi) is 2.45. The van der Waals surface area contributed by atoms with Gasteiger partial charge in [-0.1, -0.05) is 6.07 Å². The minimum absolute atomic E-state index is 0.795. The average molecular weight is 177 g/mol. The number of nitrogens with zero attached hydrogens (tertiary/aromatic N) is 2. The molecule has 1 aliphatic heterocycles. The van der Waals surface area contributed by atoms with Crippen LogP contribution in [0.5, 0.6) is 0 Å². The van der Waals surface area contributed by atoms with Gasteiger partial charge in [0.25, 0.3) is 0 Å². The van der Waals surface area contributed by atoms with E-state index in [1.54, 1.807) is 0 Å². The molecule has 1 aliphatic rings. The number of rotatable bonds is 1. The summed E-state index contributed by atoms with van der Waals surface area (Å²) in [6.07, 6.45) is 0. The topological polar surface area (TPSA) is 25.4 Å². The predicted octanol–water partition coefficient (Wildman–Crippen LogP) is 1.10. The first-order valence-electron chi connectivity index (χ1n) is 4.48. The number of pyridine rings is 1. The van der Waals surface area contributed by atoms with Crippen molar-refractivity contribution in [2.24, 2.45) is 0 Å². The van der Waals surface area contributed by atoms with Gasteiger partial charge in [0.1, 0.15) is 5.82 Å². The normalized spacial score (nSPS) is 17.5. The monoisotopic (exact) mass is 177 g/mol. The molecule has 1 saturated heterocycles. The zero-order valence-electron chi connectivity index (χ0n) is 7.57. The molecule has 0 atom stereocenters. The van der Waals surface area contributed by atoms with Crippen LogP contribution in [0.4, 0.5) is 5.82 Å². The van der Waals surface area contributed by atoms with Gasteiger partial charge in [0, 0.05) is 18.8 Å². The molecule has 0 N–H and O–H groups in total. The van der Waals surface area contributed by atoms with Crippen LogP contribution >= 0.6 is 0 Å². The maximum absolute atomic E-state index is 5.27. The summed E-state index contributed by atoms with van der Waals surface area (Å²) >= 11 is 0. The van der Waals surface area contributed by atoms with Gasteiger partial charge in [-0.2, -0.15) is 0 Å². The Morgan fingerprint density at radius 2 is 2.08 bits per heavy atom. The molecule has 1 aromatic heterocycles. The van der Waals surface area contributed by atoms with Crippen molar-refractivity contribution < 1.29 is 4.74 Å². The fourth-order valence-electron chi connectivity index (χ4n) is 1.44. The quantitative estimate of drug-likeness (QED) is 0.642. The molecule has 3 heteroatoms. The Hall–Kier alpha value is -1.09. The largest absolute Gasteiger partial charge is 0.378 e. The molecule has 1 fully saturated rings. The Labute approximate surface area is 78.3 Å². The molecule has 13 heavy (non-hydrogen) atoms. The Balaban J connectivity index is 2.14. The summed E-state index contributed by atoms with van der Waals surface area (Å²) in [6, 6.07) is 5.91. The van der Waals surface area contributed by atoms with E-state index in [1.807, 2.05) is 18.2 Å². The van der Waals surface area contributed by atoms with Crippen molar-refractivity contribution in [3.05, 3.63) is 30.8 Å². The van der Waals surface area contributed by atoms with E-state index in [2.05, 4.69) is 16.8 Å². The highest BCUT2D eigenvalue weighted by molar-refractivity contribution is 5.39. The van der Waals surface area contributed by atoms with Crippen LogP contribution in [0.25, 0.3) is 0 Å². The summed E-state index contributed by atoms with van der Waals surface area (Å²) in [5, 5.41) is 0. The van der Waals surface area contributed by atoms with Crippen LogP contribution in [0.1, 0.15) is 5.69 Å². The first-order valence-corrected chi connectivity index (χ1v) is 4.48. The van der Waals surface area contributed by atoms with Gasteiger partial charge in [-0.15, -0.1) is 0 Å².